The topological polar surface area (TPSA) is 26.0 Å². The highest BCUT2D eigenvalue weighted by Crippen LogP contribution is 2.45. The molecule has 5 rings (SSSR count). The zero-order valence-electron chi connectivity index (χ0n) is 16.9. The van der Waals surface area contributed by atoms with E-state index < -0.39 is 0 Å². The minimum Gasteiger partial charge on any atom is -0.431 e. The SMILES string of the molecule is c1ccc(-c2nc(SC(CCC3CC3)c3ccccc3)oc2-c2ccccc2)cc1. The summed E-state index contributed by atoms with van der Waals surface area (Å²) in [6.07, 6.45) is 5.22. The van der Waals surface area contributed by atoms with Crippen LogP contribution < -0.4 is 0 Å². The van der Waals surface area contributed by atoms with E-state index in [9.17, 15) is 0 Å². The van der Waals surface area contributed by atoms with E-state index >= 15 is 0 Å². The molecule has 0 saturated heterocycles. The minimum atomic E-state index is 0.359. The van der Waals surface area contributed by atoms with Crippen LogP contribution in [0.3, 0.4) is 0 Å². The van der Waals surface area contributed by atoms with Gasteiger partial charge in [-0.3, -0.25) is 0 Å². The van der Waals surface area contributed by atoms with Crippen molar-refractivity contribution in [3.63, 3.8) is 0 Å². The molecule has 1 atom stereocenters. The first kappa shape index (κ1) is 19.2. The predicted molar refractivity (Wildman–Crippen MR) is 124 cm³/mol. The molecular formula is C27H25NOS. The number of thioether (sulfide) groups is 1. The summed E-state index contributed by atoms with van der Waals surface area (Å²) in [4.78, 5) is 4.96. The predicted octanol–water partition coefficient (Wildman–Crippen LogP) is 8.03. The maximum atomic E-state index is 6.38. The Morgan fingerprint density at radius 3 is 2.03 bits per heavy atom. The van der Waals surface area contributed by atoms with Crippen molar-refractivity contribution in [3.05, 3.63) is 96.6 Å². The normalized spacial score (nSPS) is 14.5. The lowest BCUT2D eigenvalue weighted by Crippen LogP contribution is -1.95. The van der Waals surface area contributed by atoms with Crippen LogP contribution >= 0.6 is 11.8 Å². The fourth-order valence-corrected chi connectivity index (χ4v) is 4.87. The summed E-state index contributed by atoms with van der Waals surface area (Å²) in [7, 11) is 0. The first-order valence-corrected chi connectivity index (χ1v) is 11.6. The molecule has 1 aliphatic carbocycles. The van der Waals surface area contributed by atoms with E-state index in [0.29, 0.717) is 5.25 Å². The van der Waals surface area contributed by atoms with Crippen molar-refractivity contribution in [1.29, 1.82) is 0 Å². The number of benzene rings is 3. The molecule has 0 amide bonds. The zero-order chi connectivity index (χ0) is 20.2. The number of aromatic nitrogens is 1. The van der Waals surface area contributed by atoms with Gasteiger partial charge in [-0.2, -0.15) is 0 Å². The molecule has 30 heavy (non-hydrogen) atoms. The van der Waals surface area contributed by atoms with Crippen molar-refractivity contribution in [2.75, 3.05) is 0 Å². The highest BCUT2D eigenvalue weighted by Gasteiger charge is 2.25. The smallest absolute Gasteiger partial charge is 0.257 e. The highest BCUT2D eigenvalue weighted by molar-refractivity contribution is 7.99. The van der Waals surface area contributed by atoms with Gasteiger partial charge in [0.2, 0.25) is 0 Å². The fourth-order valence-electron chi connectivity index (χ4n) is 3.80. The lowest BCUT2D eigenvalue weighted by Gasteiger charge is -2.14. The third kappa shape index (κ3) is 4.52. The van der Waals surface area contributed by atoms with Crippen molar-refractivity contribution in [1.82, 2.24) is 4.98 Å². The summed E-state index contributed by atoms with van der Waals surface area (Å²) in [6.45, 7) is 0. The van der Waals surface area contributed by atoms with Crippen LogP contribution in [-0.2, 0) is 0 Å². The molecule has 0 N–H and O–H groups in total. The Bertz CT molecular complexity index is 1010. The van der Waals surface area contributed by atoms with E-state index in [1.807, 2.05) is 36.4 Å². The lowest BCUT2D eigenvalue weighted by atomic mass is 10.1. The Balaban J connectivity index is 1.49. The summed E-state index contributed by atoms with van der Waals surface area (Å²) in [6, 6.07) is 31.4. The van der Waals surface area contributed by atoms with Gasteiger partial charge >= 0.3 is 0 Å². The first-order valence-electron chi connectivity index (χ1n) is 10.7. The summed E-state index contributed by atoms with van der Waals surface area (Å²) in [5.41, 5.74) is 4.41. The lowest BCUT2D eigenvalue weighted by molar-refractivity contribution is 0.464. The molecule has 150 valence electrons. The average molecular weight is 412 g/mol. The molecule has 0 radical (unpaired) electrons. The molecule has 1 unspecified atom stereocenters. The Morgan fingerprint density at radius 2 is 1.40 bits per heavy atom. The third-order valence-electron chi connectivity index (χ3n) is 5.64. The molecular weight excluding hydrogens is 386 g/mol. The van der Waals surface area contributed by atoms with Crippen LogP contribution in [0.5, 0.6) is 0 Å². The molecule has 1 fully saturated rings. The molecule has 1 aliphatic rings. The van der Waals surface area contributed by atoms with E-state index in [0.717, 1.165) is 40.1 Å². The summed E-state index contributed by atoms with van der Waals surface area (Å²) in [5, 5.41) is 1.11. The fraction of sp³-hybridized carbons (Fsp3) is 0.222. The Labute approximate surface area is 182 Å². The van der Waals surface area contributed by atoms with Crippen molar-refractivity contribution >= 4 is 11.8 Å². The second kappa shape index (κ2) is 8.93. The molecule has 4 aromatic rings. The molecule has 1 aromatic heterocycles. The second-order valence-corrected chi connectivity index (χ2v) is 9.08. The number of rotatable bonds is 8. The van der Waals surface area contributed by atoms with Crippen molar-refractivity contribution in [3.8, 4) is 22.6 Å². The standard InChI is InChI=1S/C27H25NOS/c1-4-10-21(11-5-1)24(19-18-20-16-17-20)30-27-28-25(22-12-6-2-7-13-22)26(29-27)23-14-8-3-9-15-23/h1-15,20,24H,16-19H2. The van der Waals surface area contributed by atoms with Crippen LogP contribution in [0.1, 0.15) is 36.5 Å². The molecule has 0 aliphatic heterocycles. The molecule has 2 nitrogen and oxygen atoms in total. The van der Waals surface area contributed by atoms with Gasteiger partial charge in [0.25, 0.3) is 5.22 Å². The maximum absolute atomic E-state index is 6.38. The van der Waals surface area contributed by atoms with Crippen molar-refractivity contribution in [2.45, 2.75) is 36.2 Å². The van der Waals surface area contributed by atoms with Crippen LogP contribution in [0, 0.1) is 5.92 Å². The van der Waals surface area contributed by atoms with E-state index in [1.165, 1.54) is 24.8 Å². The number of oxazole rings is 1. The van der Waals surface area contributed by atoms with Gasteiger partial charge in [-0.1, -0.05) is 116 Å². The Morgan fingerprint density at radius 1 is 0.800 bits per heavy atom. The van der Waals surface area contributed by atoms with E-state index in [4.69, 9.17) is 9.40 Å². The van der Waals surface area contributed by atoms with Crippen molar-refractivity contribution < 1.29 is 4.42 Å². The Kier molecular flexibility index (Phi) is 5.71. The quantitative estimate of drug-likeness (QED) is 0.274. The van der Waals surface area contributed by atoms with Crippen LogP contribution in [-0.4, -0.2) is 4.98 Å². The first-order chi connectivity index (χ1) is 14.9. The maximum Gasteiger partial charge on any atom is 0.257 e. The molecule has 3 aromatic carbocycles. The summed E-state index contributed by atoms with van der Waals surface area (Å²) in [5.74, 6) is 1.76. The molecule has 0 spiro atoms. The molecule has 1 heterocycles. The molecule has 3 heteroatoms. The Hall–Kier alpha value is -2.78. The monoisotopic (exact) mass is 411 g/mol. The van der Waals surface area contributed by atoms with Gasteiger partial charge < -0.3 is 4.42 Å². The zero-order valence-corrected chi connectivity index (χ0v) is 17.7. The minimum absolute atomic E-state index is 0.359. The van der Waals surface area contributed by atoms with Gasteiger partial charge in [0.15, 0.2) is 5.76 Å². The average Bonchev–Trinajstić information content (AvgIpc) is 3.55. The molecule has 1 saturated carbocycles. The van der Waals surface area contributed by atoms with E-state index in [2.05, 4.69) is 54.6 Å². The van der Waals surface area contributed by atoms with Gasteiger partial charge in [0.05, 0.1) is 0 Å². The van der Waals surface area contributed by atoms with Crippen molar-refractivity contribution in [2.24, 2.45) is 5.92 Å². The number of nitrogens with zero attached hydrogens (tertiary/aromatic N) is 1. The largest absolute Gasteiger partial charge is 0.431 e. The number of hydrogen-bond acceptors (Lipinski definition) is 3. The van der Waals surface area contributed by atoms with E-state index in [-0.39, 0.29) is 0 Å². The van der Waals surface area contributed by atoms with Gasteiger partial charge in [-0.05, 0) is 24.3 Å². The summed E-state index contributed by atoms with van der Waals surface area (Å²) < 4.78 is 6.38. The third-order valence-corrected chi connectivity index (χ3v) is 6.81. The second-order valence-electron chi connectivity index (χ2n) is 7.93. The van der Waals surface area contributed by atoms with Gasteiger partial charge in [0.1, 0.15) is 5.69 Å². The molecule has 0 bridgehead atoms. The highest BCUT2D eigenvalue weighted by atomic mass is 32.2. The van der Waals surface area contributed by atoms with Crippen LogP contribution in [0.2, 0.25) is 0 Å². The van der Waals surface area contributed by atoms with Crippen LogP contribution in [0.25, 0.3) is 22.6 Å². The van der Waals surface area contributed by atoms with Gasteiger partial charge in [-0.25, -0.2) is 4.98 Å². The van der Waals surface area contributed by atoms with Gasteiger partial charge in [-0.15, -0.1) is 0 Å². The van der Waals surface area contributed by atoms with E-state index in [1.54, 1.807) is 11.8 Å². The summed E-state index contributed by atoms with van der Waals surface area (Å²) >= 11 is 1.76. The van der Waals surface area contributed by atoms with Crippen LogP contribution in [0.4, 0.5) is 0 Å². The number of hydrogen-bond donors (Lipinski definition) is 0. The van der Waals surface area contributed by atoms with Crippen LogP contribution in [0.15, 0.2) is 101 Å². The van der Waals surface area contributed by atoms with Gasteiger partial charge in [0, 0.05) is 16.4 Å².